The quantitative estimate of drug-likeness (QED) is 0.411. The summed E-state index contributed by atoms with van der Waals surface area (Å²) in [7, 11) is -0.759. The largest absolute Gasteiger partial charge is 0.465 e. The van der Waals surface area contributed by atoms with E-state index < -0.39 is 13.5 Å². The van der Waals surface area contributed by atoms with Crippen LogP contribution in [0, 0.1) is 16.9 Å². The van der Waals surface area contributed by atoms with Gasteiger partial charge >= 0.3 is 13.5 Å². The van der Waals surface area contributed by atoms with Crippen molar-refractivity contribution in [2.75, 3.05) is 19.3 Å². The van der Waals surface area contributed by atoms with Crippen molar-refractivity contribution in [2.45, 2.75) is 13.8 Å². The van der Waals surface area contributed by atoms with Gasteiger partial charge in [-0.15, -0.1) is 0 Å². The summed E-state index contributed by atoms with van der Waals surface area (Å²) in [4.78, 5) is 16.3. The lowest BCUT2D eigenvalue weighted by Crippen LogP contribution is -2.17. The van der Waals surface area contributed by atoms with Crippen molar-refractivity contribution in [1.29, 1.82) is 0 Å². The first-order valence-corrected chi connectivity index (χ1v) is 10.1. The van der Waals surface area contributed by atoms with Crippen LogP contribution in [0.3, 0.4) is 0 Å². The van der Waals surface area contributed by atoms with Crippen LogP contribution in [0.25, 0.3) is 0 Å². The number of hydrogen-bond donors (Lipinski definition) is 1. The molecular weight excluding hydrogens is 450 g/mol. The molecule has 1 N–H and O–H groups in total. The van der Waals surface area contributed by atoms with Crippen molar-refractivity contribution < 1.29 is 18.6 Å². The van der Waals surface area contributed by atoms with Crippen molar-refractivity contribution >= 4 is 58.5 Å². The molecule has 1 aromatic heterocycles. The Hall–Kier alpha value is -0.960. The van der Waals surface area contributed by atoms with E-state index >= 15 is 0 Å². The molecule has 2 rings (SSSR count). The van der Waals surface area contributed by atoms with Crippen LogP contribution in [0.15, 0.2) is 18.2 Å². The summed E-state index contributed by atoms with van der Waals surface area (Å²) in [5.41, 5.74) is 1.90. The van der Waals surface area contributed by atoms with Gasteiger partial charge in [0.15, 0.2) is 13.7 Å². The van der Waals surface area contributed by atoms with E-state index in [1.807, 2.05) is 48.6 Å². The Balaban J connectivity index is 2.47. The third-order valence-electron chi connectivity index (χ3n) is 3.15. The third kappa shape index (κ3) is 3.93. The number of rotatable bonds is 5. The number of esters is 1. The number of carbonyl (C=O) groups is 1. The van der Waals surface area contributed by atoms with Crippen LogP contribution in [-0.4, -0.2) is 25.2 Å². The molecule has 2 aromatic rings. The first-order valence-electron chi connectivity index (χ1n) is 6.57. The predicted octanol–water partition coefficient (Wildman–Crippen LogP) is 3.73. The number of thiazole rings is 1. The van der Waals surface area contributed by atoms with Crippen LogP contribution >= 0.6 is 41.4 Å². The number of halogens is 1. The highest BCUT2D eigenvalue weighted by atomic mass is 127. The number of aromatic nitrogens is 1. The molecule has 0 aliphatic heterocycles. The average Bonchev–Trinajstić information content (AvgIpc) is 2.86. The fourth-order valence-corrected chi connectivity index (χ4v) is 5.37. The molecule has 124 valence electrons. The molecular formula is C14H16IN2O4PS. The number of nitrogens with one attached hydrogen (secondary N) is 1. The molecule has 9 heteroatoms. The minimum atomic E-state index is -3.41. The molecule has 23 heavy (non-hydrogen) atoms. The zero-order valence-electron chi connectivity index (χ0n) is 13.0. The van der Waals surface area contributed by atoms with E-state index in [0.717, 1.165) is 22.5 Å². The highest BCUT2D eigenvalue weighted by molar-refractivity contribution is 14.1. The second-order valence-corrected chi connectivity index (χ2v) is 9.70. The van der Waals surface area contributed by atoms with Crippen LogP contribution in [0.5, 0.6) is 0 Å². The highest BCUT2D eigenvalue weighted by Crippen LogP contribution is 2.47. The summed E-state index contributed by atoms with van der Waals surface area (Å²) in [6.45, 7) is 3.82. The van der Waals surface area contributed by atoms with Gasteiger partial charge in [0.25, 0.3) is 0 Å². The van der Waals surface area contributed by atoms with Gasteiger partial charge < -0.3 is 9.26 Å². The molecule has 0 aliphatic carbocycles. The Labute approximate surface area is 152 Å². The first-order chi connectivity index (χ1) is 10.8. The second kappa shape index (κ2) is 7.29. The molecule has 0 bridgehead atoms. The van der Waals surface area contributed by atoms with E-state index in [1.54, 1.807) is 6.07 Å². The number of carbonyl (C=O) groups excluding carboxylic acids is 1. The predicted molar refractivity (Wildman–Crippen MR) is 100.0 cm³/mol. The average molecular weight is 466 g/mol. The minimum absolute atomic E-state index is 0.205. The van der Waals surface area contributed by atoms with Gasteiger partial charge in [-0.2, -0.15) is 0 Å². The van der Waals surface area contributed by atoms with Gasteiger partial charge in [-0.3, -0.25) is 9.65 Å². The summed E-state index contributed by atoms with van der Waals surface area (Å²) in [5, 5.41) is 3.36. The molecule has 0 radical (unpaired) electrons. The van der Waals surface area contributed by atoms with E-state index in [1.165, 1.54) is 14.2 Å². The zero-order valence-corrected chi connectivity index (χ0v) is 16.9. The van der Waals surface area contributed by atoms with Crippen molar-refractivity contribution in [1.82, 2.24) is 4.98 Å². The number of methoxy groups -OCH3 is 1. The maximum atomic E-state index is 13.2. The normalized spacial score (nSPS) is 13.4. The third-order valence-corrected chi connectivity index (χ3v) is 7.03. The molecule has 1 heterocycles. The van der Waals surface area contributed by atoms with Gasteiger partial charge in [0.05, 0.1) is 12.4 Å². The molecule has 1 unspecified atom stereocenters. The molecule has 1 atom stereocenters. The fourth-order valence-electron chi connectivity index (χ4n) is 2.08. The van der Waals surface area contributed by atoms with Crippen molar-refractivity contribution in [3.05, 3.63) is 37.2 Å². The molecule has 0 amide bonds. The summed E-state index contributed by atoms with van der Waals surface area (Å²) < 4.78 is 23.9. The van der Waals surface area contributed by atoms with Crippen LogP contribution in [0.4, 0.5) is 5.82 Å². The lowest BCUT2D eigenvalue weighted by atomic mass is 10.2. The van der Waals surface area contributed by atoms with Crippen LogP contribution in [-0.2, 0) is 13.8 Å². The van der Waals surface area contributed by atoms with Crippen molar-refractivity contribution in [2.24, 2.45) is 0 Å². The fraction of sp³-hybridized carbons (Fsp3) is 0.286. The molecule has 0 aliphatic rings. The molecule has 1 aromatic carbocycles. The van der Waals surface area contributed by atoms with E-state index in [2.05, 4.69) is 10.1 Å². The van der Waals surface area contributed by atoms with Gasteiger partial charge in [-0.05, 0) is 48.1 Å². The molecule has 6 nitrogen and oxygen atoms in total. The van der Waals surface area contributed by atoms with Crippen molar-refractivity contribution in [3.63, 3.8) is 0 Å². The number of benzene rings is 1. The molecule has 0 spiro atoms. The van der Waals surface area contributed by atoms with Gasteiger partial charge in [-0.25, -0.2) is 9.78 Å². The number of hydrogen-bond acceptors (Lipinski definition) is 6. The highest BCUT2D eigenvalue weighted by Gasteiger charge is 2.30. The Bertz CT molecular complexity index is 793. The van der Waals surface area contributed by atoms with Crippen LogP contribution in [0.1, 0.15) is 20.8 Å². The van der Waals surface area contributed by atoms with E-state index in [9.17, 15) is 9.36 Å². The Morgan fingerprint density at radius 2 is 2.04 bits per heavy atom. The maximum absolute atomic E-state index is 13.2. The number of anilines is 1. The van der Waals surface area contributed by atoms with Gasteiger partial charge in [0.2, 0.25) is 0 Å². The van der Waals surface area contributed by atoms with Crippen LogP contribution in [0.2, 0.25) is 0 Å². The van der Waals surface area contributed by atoms with Crippen LogP contribution < -0.4 is 10.4 Å². The molecule has 0 saturated carbocycles. The number of aryl methyl sites for hydroxylation is 2. The zero-order chi connectivity index (χ0) is 17.2. The van der Waals surface area contributed by atoms with E-state index in [0.29, 0.717) is 8.32 Å². The minimum Gasteiger partial charge on any atom is -0.465 e. The Morgan fingerprint density at radius 3 is 2.61 bits per heavy atom. The van der Waals surface area contributed by atoms with Crippen molar-refractivity contribution in [3.8, 4) is 0 Å². The molecule has 0 fully saturated rings. The summed E-state index contributed by atoms with van der Waals surface area (Å²) >= 11 is 3.16. The molecule has 0 saturated heterocycles. The van der Waals surface area contributed by atoms with Gasteiger partial charge in [0.1, 0.15) is 0 Å². The summed E-state index contributed by atoms with van der Waals surface area (Å²) in [6.07, 6.45) is 0. The topological polar surface area (TPSA) is 77.5 Å². The standard InChI is InChI=1S/C14H16IN2O4PS/c1-8-5-6-10(9(2)7-8)22(19,21-4)17-12-11(13(18)20-3)23-14(15)16-12/h5-7H,1-4H3,(H,17,19). The number of nitrogens with zero attached hydrogens (tertiary/aromatic N) is 1. The summed E-state index contributed by atoms with van der Waals surface area (Å²) in [6, 6.07) is 5.55. The Kier molecular flexibility index (Phi) is 5.83. The smallest absolute Gasteiger partial charge is 0.351 e. The first kappa shape index (κ1) is 18.4. The van der Waals surface area contributed by atoms with Gasteiger partial charge in [-0.1, -0.05) is 29.0 Å². The lowest BCUT2D eigenvalue weighted by molar-refractivity contribution is 0.0607. The lowest BCUT2D eigenvalue weighted by Gasteiger charge is -2.20. The summed E-state index contributed by atoms with van der Waals surface area (Å²) in [5.74, 6) is -0.326. The monoisotopic (exact) mass is 466 g/mol. The Morgan fingerprint density at radius 1 is 1.35 bits per heavy atom. The van der Waals surface area contributed by atoms with Gasteiger partial charge in [0, 0.05) is 7.11 Å². The van der Waals surface area contributed by atoms with E-state index in [-0.39, 0.29) is 10.7 Å². The second-order valence-electron chi connectivity index (χ2n) is 4.77. The maximum Gasteiger partial charge on any atom is 0.351 e. The SMILES string of the molecule is COC(=O)c1sc(I)nc1NP(=O)(OC)c1ccc(C)cc1C. The van der Waals surface area contributed by atoms with E-state index in [4.69, 9.17) is 9.26 Å². The number of ether oxygens (including phenoxy) is 1.